The van der Waals surface area contributed by atoms with Gasteiger partial charge in [0, 0.05) is 11.5 Å². The predicted octanol–water partition coefficient (Wildman–Crippen LogP) is 7.82. The van der Waals surface area contributed by atoms with Crippen LogP contribution in [0.2, 0.25) is 0 Å². The minimum atomic E-state index is -0.329. The molecule has 3 heteroatoms. The molecule has 0 aromatic heterocycles. The summed E-state index contributed by atoms with van der Waals surface area (Å²) in [5.41, 5.74) is 0.911. The first-order valence-electron chi connectivity index (χ1n) is 12.2. The van der Waals surface area contributed by atoms with E-state index < -0.39 is 0 Å². The van der Waals surface area contributed by atoms with Crippen LogP contribution in [0.25, 0.3) is 0 Å². The first-order valence-corrected chi connectivity index (χ1v) is 12.2. The molecule has 0 N–H and O–H groups in total. The quantitative estimate of drug-likeness (QED) is 0.350. The summed E-state index contributed by atoms with van der Waals surface area (Å²) in [6, 6.07) is 6.45. The minimum Gasteiger partial charge on any atom is -0.348 e. The molecule has 1 aliphatic carbocycles. The first-order chi connectivity index (χ1) is 14.2. The Morgan fingerprint density at radius 2 is 1.28 bits per heavy atom. The predicted molar refractivity (Wildman–Crippen MR) is 117 cm³/mol. The lowest BCUT2D eigenvalue weighted by Gasteiger charge is -2.32. The van der Waals surface area contributed by atoms with E-state index in [0.29, 0.717) is 5.92 Å². The minimum absolute atomic E-state index is 0.218. The normalized spacial score (nSPS) is 27.8. The topological polar surface area (TPSA) is 18.5 Å². The number of hydrogen-bond acceptors (Lipinski definition) is 2. The Kier molecular flexibility index (Phi) is 9.96. The smallest absolute Gasteiger partial charge is 0.183 e. The molecule has 0 amide bonds. The van der Waals surface area contributed by atoms with Crippen molar-refractivity contribution >= 4 is 0 Å². The van der Waals surface area contributed by atoms with Crippen molar-refractivity contribution in [2.75, 3.05) is 13.2 Å². The SMILES string of the molecule is CCCCCCCC[C@H]1CC[C@H](CC[C@H]2CO[C@H](c3ccc(F)cc3)OC2)CC1. The Morgan fingerprint density at radius 1 is 0.724 bits per heavy atom. The third-order valence-corrected chi connectivity index (χ3v) is 7.02. The Bertz CT molecular complexity index is 542. The lowest BCUT2D eigenvalue weighted by Crippen LogP contribution is -2.28. The van der Waals surface area contributed by atoms with Crippen molar-refractivity contribution in [3.8, 4) is 0 Å². The molecule has 0 atom stereocenters. The lowest BCUT2D eigenvalue weighted by atomic mass is 9.77. The van der Waals surface area contributed by atoms with Gasteiger partial charge in [0.2, 0.25) is 0 Å². The van der Waals surface area contributed by atoms with E-state index in [1.807, 2.05) is 0 Å². The molecule has 1 saturated heterocycles. The molecule has 1 aromatic carbocycles. The van der Waals surface area contributed by atoms with Crippen LogP contribution in [0.5, 0.6) is 0 Å². The average molecular weight is 405 g/mol. The maximum atomic E-state index is 13.1. The number of halogens is 1. The largest absolute Gasteiger partial charge is 0.348 e. The fourth-order valence-electron chi connectivity index (χ4n) is 5.02. The van der Waals surface area contributed by atoms with Crippen molar-refractivity contribution in [3.05, 3.63) is 35.6 Å². The Balaban J connectivity index is 1.23. The molecule has 164 valence electrons. The van der Waals surface area contributed by atoms with Crippen molar-refractivity contribution in [1.29, 1.82) is 0 Å². The molecule has 1 saturated carbocycles. The van der Waals surface area contributed by atoms with Gasteiger partial charge in [0.25, 0.3) is 0 Å². The molecule has 29 heavy (non-hydrogen) atoms. The van der Waals surface area contributed by atoms with Gasteiger partial charge in [0.05, 0.1) is 13.2 Å². The van der Waals surface area contributed by atoms with Crippen molar-refractivity contribution in [3.63, 3.8) is 0 Å². The molecule has 1 aromatic rings. The summed E-state index contributed by atoms with van der Waals surface area (Å²) in [7, 11) is 0. The summed E-state index contributed by atoms with van der Waals surface area (Å²) in [5.74, 6) is 2.19. The van der Waals surface area contributed by atoms with Gasteiger partial charge < -0.3 is 9.47 Å². The van der Waals surface area contributed by atoms with Crippen molar-refractivity contribution in [2.45, 2.75) is 96.7 Å². The molecule has 2 nitrogen and oxygen atoms in total. The van der Waals surface area contributed by atoms with Crippen LogP contribution in [0.3, 0.4) is 0 Å². The van der Waals surface area contributed by atoms with Crippen molar-refractivity contribution in [2.24, 2.45) is 17.8 Å². The molecule has 1 aliphatic heterocycles. The van der Waals surface area contributed by atoms with Gasteiger partial charge in [-0.2, -0.15) is 0 Å². The second-order valence-electron chi connectivity index (χ2n) is 9.44. The number of rotatable bonds is 11. The van der Waals surface area contributed by atoms with Crippen LogP contribution in [0, 0.1) is 23.6 Å². The standard InChI is InChI=1S/C26H41FO2/c1-2-3-4-5-6-7-8-21-9-11-22(12-10-21)13-14-23-19-28-26(29-20-23)24-15-17-25(27)18-16-24/h15-18,21-23,26H,2-14,19-20H2,1H3/t21-,22-,23-,26-. The van der Waals surface area contributed by atoms with Crippen LogP contribution in [-0.2, 0) is 9.47 Å². The summed E-state index contributed by atoms with van der Waals surface area (Å²) < 4.78 is 24.9. The summed E-state index contributed by atoms with van der Waals surface area (Å²) in [6.07, 6.45) is 17.9. The fraction of sp³-hybridized carbons (Fsp3) is 0.769. The summed E-state index contributed by atoms with van der Waals surface area (Å²) in [6.45, 7) is 3.81. The molecular weight excluding hydrogens is 363 g/mol. The molecule has 2 fully saturated rings. The Morgan fingerprint density at radius 3 is 1.93 bits per heavy atom. The molecule has 0 radical (unpaired) electrons. The molecule has 0 bridgehead atoms. The molecule has 1 heterocycles. The van der Waals surface area contributed by atoms with Gasteiger partial charge >= 0.3 is 0 Å². The van der Waals surface area contributed by atoms with Gasteiger partial charge in [-0.3, -0.25) is 0 Å². The third-order valence-electron chi connectivity index (χ3n) is 7.02. The van der Waals surface area contributed by atoms with Gasteiger partial charge in [0.15, 0.2) is 6.29 Å². The van der Waals surface area contributed by atoms with E-state index >= 15 is 0 Å². The van der Waals surface area contributed by atoms with E-state index in [-0.39, 0.29) is 12.1 Å². The molecule has 2 aliphatic rings. The van der Waals surface area contributed by atoms with Crippen LogP contribution in [0.15, 0.2) is 24.3 Å². The first kappa shape index (κ1) is 22.7. The lowest BCUT2D eigenvalue weighted by molar-refractivity contribution is -0.206. The Labute approximate surface area is 177 Å². The van der Waals surface area contributed by atoms with E-state index in [9.17, 15) is 4.39 Å². The summed E-state index contributed by atoms with van der Waals surface area (Å²) in [5, 5.41) is 0. The second-order valence-corrected chi connectivity index (χ2v) is 9.44. The molecular formula is C26H41FO2. The Hall–Kier alpha value is -0.930. The fourth-order valence-corrected chi connectivity index (χ4v) is 5.02. The second kappa shape index (κ2) is 12.7. The monoisotopic (exact) mass is 404 g/mol. The van der Waals surface area contributed by atoms with Crippen LogP contribution < -0.4 is 0 Å². The molecule has 3 rings (SSSR count). The van der Waals surface area contributed by atoms with E-state index in [0.717, 1.165) is 30.6 Å². The van der Waals surface area contributed by atoms with Crippen molar-refractivity contribution in [1.82, 2.24) is 0 Å². The molecule has 0 unspecified atom stereocenters. The van der Waals surface area contributed by atoms with Crippen molar-refractivity contribution < 1.29 is 13.9 Å². The van der Waals surface area contributed by atoms with E-state index in [4.69, 9.17) is 9.47 Å². The molecule has 0 spiro atoms. The van der Waals surface area contributed by atoms with Crippen LogP contribution in [0.1, 0.15) is 102 Å². The van der Waals surface area contributed by atoms with Gasteiger partial charge in [0.1, 0.15) is 5.82 Å². The van der Waals surface area contributed by atoms with Gasteiger partial charge in [-0.25, -0.2) is 4.39 Å². The highest BCUT2D eigenvalue weighted by molar-refractivity contribution is 5.17. The van der Waals surface area contributed by atoms with E-state index in [1.54, 1.807) is 12.1 Å². The summed E-state index contributed by atoms with van der Waals surface area (Å²) in [4.78, 5) is 0. The van der Waals surface area contributed by atoms with Crippen LogP contribution >= 0.6 is 0 Å². The zero-order valence-electron chi connectivity index (χ0n) is 18.4. The maximum absolute atomic E-state index is 13.1. The average Bonchev–Trinajstić information content (AvgIpc) is 2.76. The number of benzene rings is 1. The zero-order valence-corrected chi connectivity index (χ0v) is 18.4. The van der Waals surface area contributed by atoms with Crippen LogP contribution in [-0.4, -0.2) is 13.2 Å². The van der Waals surface area contributed by atoms with Gasteiger partial charge in [-0.05, 0) is 30.4 Å². The summed E-state index contributed by atoms with van der Waals surface area (Å²) >= 11 is 0. The third kappa shape index (κ3) is 8.02. The van der Waals surface area contributed by atoms with Gasteiger partial charge in [-0.1, -0.05) is 96.1 Å². The maximum Gasteiger partial charge on any atom is 0.183 e. The highest BCUT2D eigenvalue weighted by Gasteiger charge is 2.26. The zero-order chi connectivity index (χ0) is 20.3. The van der Waals surface area contributed by atoms with Gasteiger partial charge in [-0.15, -0.1) is 0 Å². The van der Waals surface area contributed by atoms with Crippen LogP contribution in [0.4, 0.5) is 4.39 Å². The van der Waals surface area contributed by atoms with E-state index in [1.165, 1.54) is 95.6 Å². The number of unbranched alkanes of at least 4 members (excludes halogenated alkanes) is 5. The highest BCUT2D eigenvalue weighted by atomic mass is 19.1. The highest BCUT2D eigenvalue weighted by Crippen LogP contribution is 2.36. The van der Waals surface area contributed by atoms with E-state index in [2.05, 4.69) is 6.92 Å². The number of hydrogen-bond donors (Lipinski definition) is 0. The number of ether oxygens (including phenoxy) is 2.